The van der Waals surface area contributed by atoms with Crippen LogP contribution in [0.2, 0.25) is 0 Å². The third-order valence-corrected chi connectivity index (χ3v) is 2.90. The summed E-state index contributed by atoms with van der Waals surface area (Å²) in [5, 5.41) is 0. The molecule has 0 bridgehead atoms. The van der Waals surface area contributed by atoms with Crippen LogP contribution in [0.5, 0.6) is 11.5 Å². The van der Waals surface area contributed by atoms with E-state index in [2.05, 4.69) is 4.98 Å². The van der Waals surface area contributed by atoms with Crippen molar-refractivity contribution in [2.45, 2.75) is 39.9 Å². The molecule has 0 aliphatic rings. The SMILES string of the molecule is CCOC(=O)c1c[nH]c(COc2ccc(OC(C)(C)C)cc2)c1. The highest BCUT2D eigenvalue weighted by Gasteiger charge is 2.12. The van der Waals surface area contributed by atoms with Crippen LogP contribution in [-0.4, -0.2) is 23.2 Å². The van der Waals surface area contributed by atoms with E-state index in [-0.39, 0.29) is 11.6 Å². The van der Waals surface area contributed by atoms with Gasteiger partial charge in [-0.3, -0.25) is 0 Å². The molecule has 0 aliphatic carbocycles. The first kappa shape index (κ1) is 16.9. The van der Waals surface area contributed by atoms with E-state index in [1.54, 1.807) is 19.2 Å². The molecule has 0 spiro atoms. The van der Waals surface area contributed by atoms with E-state index < -0.39 is 0 Å². The lowest BCUT2D eigenvalue weighted by Gasteiger charge is -2.21. The number of carbonyl (C=O) groups is 1. The predicted octanol–water partition coefficient (Wildman–Crippen LogP) is 3.95. The second-order valence-electron chi connectivity index (χ2n) is 6.11. The van der Waals surface area contributed by atoms with Crippen molar-refractivity contribution in [1.82, 2.24) is 4.98 Å². The van der Waals surface area contributed by atoms with Gasteiger partial charge in [0.15, 0.2) is 0 Å². The predicted molar refractivity (Wildman–Crippen MR) is 87.9 cm³/mol. The summed E-state index contributed by atoms with van der Waals surface area (Å²) in [5.74, 6) is 1.20. The summed E-state index contributed by atoms with van der Waals surface area (Å²) in [6, 6.07) is 9.19. The van der Waals surface area contributed by atoms with E-state index >= 15 is 0 Å². The van der Waals surface area contributed by atoms with Crippen molar-refractivity contribution in [2.75, 3.05) is 6.61 Å². The maximum Gasteiger partial charge on any atom is 0.339 e. The second kappa shape index (κ2) is 7.22. The van der Waals surface area contributed by atoms with Crippen LogP contribution >= 0.6 is 0 Å². The summed E-state index contributed by atoms with van der Waals surface area (Å²) >= 11 is 0. The van der Waals surface area contributed by atoms with Gasteiger partial charge in [0.1, 0.15) is 23.7 Å². The smallest absolute Gasteiger partial charge is 0.339 e. The topological polar surface area (TPSA) is 60.6 Å². The fourth-order valence-electron chi connectivity index (χ4n) is 1.98. The summed E-state index contributed by atoms with van der Waals surface area (Å²) in [4.78, 5) is 14.6. The van der Waals surface area contributed by atoms with Crippen molar-refractivity contribution < 1.29 is 19.0 Å². The molecule has 0 atom stereocenters. The van der Waals surface area contributed by atoms with E-state index in [1.807, 2.05) is 45.0 Å². The third kappa shape index (κ3) is 5.36. The number of rotatable bonds is 6. The molecule has 1 aromatic heterocycles. The van der Waals surface area contributed by atoms with Crippen LogP contribution in [0.3, 0.4) is 0 Å². The molecule has 124 valence electrons. The second-order valence-corrected chi connectivity index (χ2v) is 6.11. The van der Waals surface area contributed by atoms with Gasteiger partial charge >= 0.3 is 5.97 Å². The number of aromatic nitrogens is 1. The fraction of sp³-hybridized carbons (Fsp3) is 0.389. The number of aromatic amines is 1. The van der Waals surface area contributed by atoms with Gasteiger partial charge in [0.25, 0.3) is 0 Å². The van der Waals surface area contributed by atoms with Crippen molar-refractivity contribution in [3.8, 4) is 11.5 Å². The number of hydrogen-bond donors (Lipinski definition) is 1. The first-order valence-electron chi connectivity index (χ1n) is 7.63. The van der Waals surface area contributed by atoms with E-state index in [0.29, 0.717) is 18.8 Å². The highest BCUT2D eigenvalue weighted by Crippen LogP contribution is 2.22. The zero-order valence-electron chi connectivity index (χ0n) is 14.0. The number of ether oxygens (including phenoxy) is 3. The first-order valence-corrected chi connectivity index (χ1v) is 7.63. The normalized spacial score (nSPS) is 11.1. The number of H-pyrrole nitrogens is 1. The van der Waals surface area contributed by atoms with Gasteiger partial charge < -0.3 is 19.2 Å². The zero-order valence-corrected chi connectivity index (χ0v) is 14.0. The van der Waals surface area contributed by atoms with Crippen molar-refractivity contribution in [2.24, 2.45) is 0 Å². The molecule has 0 saturated carbocycles. The average molecular weight is 317 g/mol. The van der Waals surface area contributed by atoms with Crippen molar-refractivity contribution in [1.29, 1.82) is 0 Å². The summed E-state index contributed by atoms with van der Waals surface area (Å²) < 4.78 is 16.4. The number of esters is 1. The Balaban J connectivity index is 1.90. The van der Waals surface area contributed by atoms with E-state index in [9.17, 15) is 4.79 Å². The van der Waals surface area contributed by atoms with Crippen molar-refractivity contribution >= 4 is 5.97 Å². The molecule has 0 aliphatic heterocycles. The Morgan fingerprint density at radius 2 is 1.78 bits per heavy atom. The lowest BCUT2D eigenvalue weighted by molar-refractivity contribution is 0.0526. The maximum atomic E-state index is 11.6. The number of nitrogens with one attached hydrogen (secondary N) is 1. The monoisotopic (exact) mass is 317 g/mol. The third-order valence-electron chi connectivity index (χ3n) is 2.90. The van der Waals surface area contributed by atoms with Crippen LogP contribution < -0.4 is 9.47 Å². The quantitative estimate of drug-likeness (QED) is 0.820. The molecule has 0 amide bonds. The van der Waals surface area contributed by atoms with E-state index in [1.165, 1.54) is 0 Å². The summed E-state index contributed by atoms with van der Waals surface area (Å²) in [7, 11) is 0. The van der Waals surface area contributed by atoms with Gasteiger partial charge in [-0.1, -0.05) is 0 Å². The molecule has 0 fully saturated rings. The molecule has 5 nitrogen and oxygen atoms in total. The summed E-state index contributed by atoms with van der Waals surface area (Å²) in [6.45, 7) is 8.50. The van der Waals surface area contributed by atoms with Crippen molar-refractivity contribution in [3.05, 3.63) is 47.8 Å². The number of hydrogen-bond acceptors (Lipinski definition) is 4. The molecule has 5 heteroatoms. The molecular weight excluding hydrogens is 294 g/mol. The minimum Gasteiger partial charge on any atom is -0.488 e. The van der Waals surface area contributed by atoms with Gasteiger partial charge in [-0.25, -0.2) is 4.79 Å². The Hall–Kier alpha value is -2.43. The Morgan fingerprint density at radius 3 is 2.39 bits per heavy atom. The number of carbonyl (C=O) groups excluding carboxylic acids is 1. The van der Waals surface area contributed by atoms with Gasteiger partial charge in [0, 0.05) is 6.20 Å². The summed E-state index contributed by atoms with van der Waals surface area (Å²) in [6.07, 6.45) is 1.62. The molecule has 0 saturated heterocycles. The Bertz CT molecular complexity index is 638. The molecule has 2 aromatic rings. The molecule has 23 heavy (non-hydrogen) atoms. The van der Waals surface area contributed by atoms with Crippen LogP contribution in [0.25, 0.3) is 0 Å². The molecule has 1 aromatic carbocycles. The maximum absolute atomic E-state index is 11.6. The highest BCUT2D eigenvalue weighted by molar-refractivity contribution is 5.89. The van der Waals surface area contributed by atoms with Crippen LogP contribution in [0.1, 0.15) is 43.7 Å². The zero-order chi connectivity index (χ0) is 16.9. The minimum atomic E-state index is -0.335. The highest BCUT2D eigenvalue weighted by atomic mass is 16.5. The van der Waals surface area contributed by atoms with Crippen molar-refractivity contribution in [3.63, 3.8) is 0 Å². The minimum absolute atomic E-state index is 0.226. The van der Waals surface area contributed by atoms with Crippen LogP contribution in [0, 0.1) is 0 Å². The van der Waals surface area contributed by atoms with E-state index in [4.69, 9.17) is 14.2 Å². The Labute approximate surface area is 136 Å². The molecule has 0 unspecified atom stereocenters. The standard InChI is InChI=1S/C18H23NO4/c1-5-21-17(20)13-10-14(19-11-13)12-22-15-6-8-16(9-7-15)23-18(2,3)4/h6-11,19H,5,12H2,1-4H3. The van der Waals surface area contributed by atoms with Gasteiger partial charge in [-0.15, -0.1) is 0 Å². The van der Waals surface area contributed by atoms with Crippen LogP contribution in [0.4, 0.5) is 0 Å². The van der Waals surface area contributed by atoms with E-state index in [0.717, 1.165) is 17.2 Å². The van der Waals surface area contributed by atoms with Crippen LogP contribution in [0.15, 0.2) is 36.5 Å². The number of benzene rings is 1. The lowest BCUT2D eigenvalue weighted by atomic mass is 10.2. The molecule has 0 radical (unpaired) electrons. The first-order chi connectivity index (χ1) is 10.9. The fourth-order valence-corrected chi connectivity index (χ4v) is 1.98. The van der Waals surface area contributed by atoms with Crippen LogP contribution in [-0.2, 0) is 11.3 Å². The molecular formula is C18H23NO4. The molecule has 2 rings (SSSR count). The van der Waals surface area contributed by atoms with Gasteiger partial charge in [0.2, 0.25) is 0 Å². The average Bonchev–Trinajstić information content (AvgIpc) is 2.94. The van der Waals surface area contributed by atoms with Gasteiger partial charge in [0.05, 0.1) is 17.9 Å². The molecule has 1 heterocycles. The Kier molecular flexibility index (Phi) is 5.32. The summed E-state index contributed by atoms with van der Waals surface area (Å²) in [5.41, 5.74) is 1.08. The van der Waals surface area contributed by atoms with Gasteiger partial charge in [-0.05, 0) is 58.0 Å². The van der Waals surface area contributed by atoms with Gasteiger partial charge in [-0.2, -0.15) is 0 Å². The molecule has 1 N–H and O–H groups in total. The Morgan fingerprint density at radius 1 is 1.13 bits per heavy atom. The largest absolute Gasteiger partial charge is 0.488 e. The lowest BCUT2D eigenvalue weighted by Crippen LogP contribution is -2.22.